The first kappa shape index (κ1) is 12.0. The number of hydrogen-bond acceptors (Lipinski definition) is 3. The van der Waals surface area contributed by atoms with Crippen molar-refractivity contribution in [1.29, 1.82) is 0 Å². The van der Waals surface area contributed by atoms with Crippen molar-refractivity contribution in [3.63, 3.8) is 0 Å². The van der Waals surface area contributed by atoms with Gasteiger partial charge in [0.25, 0.3) is 0 Å². The Morgan fingerprint density at radius 2 is 1.71 bits per heavy atom. The number of nitrogens with zero attached hydrogens (tertiary/aromatic N) is 3. The second kappa shape index (κ2) is 4.38. The SMILES string of the molecule is Cc1cc(C)c2nc(-c3ccc4nccnc4c3)[nH]c2c1. The number of aryl methyl sites for hydroxylation is 2. The molecule has 2 aromatic heterocycles. The van der Waals surface area contributed by atoms with E-state index in [4.69, 9.17) is 4.98 Å². The molecule has 1 N–H and O–H groups in total. The number of fused-ring (bicyclic) bond motifs is 2. The summed E-state index contributed by atoms with van der Waals surface area (Å²) >= 11 is 0. The molecule has 102 valence electrons. The molecule has 0 aliphatic carbocycles. The number of imidazole rings is 1. The Kier molecular flexibility index (Phi) is 2.51. The predicted octanol–water partition coefficient (Wildman–Crippen LogP) is 3.79. The molecule has 0 saturated heterocycles. The number of nitrogens with one attached hydrogen (secondary N) is 1. The monoisotopic (exact) mass is 274 g/mol. The standard InChI is InChI=1S/C17H14N4/c1-10-7-11(2)16-15(8-10)20-17(21-16)12-3-4-13-14(9-12)19-6-5-18-13/h3-9H,1-2H3,(H,20,21). The zero-order chi connectivity index (χ0) is 14.4. The van der Waals surface area contributed by atoms with E-state index in [2.05, 4.69) is 40.9 Å². The normalized spacial score (nSPS) is 11.3. The lowest BCUT2D eigenvalue weighted by atomic mass is 10.1. The summed E-state index contributed by atoms with van der Waals surface area (Å²) in [5.74, 6) is 0.867. The van der Waals surface area contributed by atoms with Gasteiger partial charge in [0.1, 0.15) is 5.82 Å². The van der Waals surface area contributed by atoms with Crippen LogP contribution >= 0.6 is 0 Å². The Morgan fingerprint density at radius 3 is 2.57 bits per heavy atom. The van der Waals surface area contributed by atoms with Gasteiger partial charge >= 0.3 is 0 Å². The minimum absolute atomic E-state index is 0.867. The Labute approximate surface area is 121 Å². The van der Waals surface area contributed by atoms with E-state index in [1.807, 2.05) is 18.2 Å². The fraction of sp³-hybridized carbons (Fsp3) is 0.118. The number of H-pyrrole nitrogens is 1. The zero-order valence-electron chi connectivity index (χ0n) is 11.9. The van der Waals surface area contributed by atoms with Gasteiger partial charge in [-0.25, -0.2) is 4.98 Å². The largest absolute Gasteiger partial charge is 0.338 e. The third-order valence-corrected chi connectivity index (χ3v) is 3.66. The highest BCUT2D eigenvalue weighted by molar-refractivity contribution is 5.85. The highest BCUT2D eigenvalue weighted by atomic mass is 14.9. The first-order valence-corrected chi connectivity index (χ1v) is 6.89. The summed E-state index contributed by atoms with van der Waals surface area (Å²) in [6, 6.07) is 10.3. The maximum absolute atomic E-state index is 4.73. The first-order valence-electron chi connectivity index (χ1n) is 6.89. The molecular formula is C17H14N4. The molecule has 0 amide bonds. The van der Waals surface area contributed by atoms with Crippen LogP contribution in [0.3, 0.4) is 0 Å². The number of aromatic amines is 1. The minimum atomic E-state index is 0.867. The molecule has 0 aliphatic rings. The van der Waals surface area contributed by atoms with E-state index in [-0.39, 0.29) is 0 Å². The van der Waals surface area contributed by atoms with Crippen LogP contribution in [0, 0.1) is 13.8 Å². The molecule has 0 fully saturated rings. The molecule has 0 spiro atoms. The Hall–Kier alpha value is -2.75. The summed E-state index contributed by atoms with van der Waals surface area (Å²) in [6.45, 7) is 4.18. The molecule has 0 bridgehead atoms. The van der Waals surface area contributed by atoms with Gasteiger partial charge in [0.2, 0.25) is 0 Å². The van der Waals surface area contributed by atoms with E-state index in [9.17, 15) is 0 Å². The van der Waals surface area contributed by atoms with Crippen LogP contribution in [0.25, 0.3) is 33.5 Å². The van der Waals surface area contributed by atoms with Crippen molar-refractivity contribution in [2.24, 2.45) is 0 Å². The summed E-state index contributed by atoms with van der Waals surface area (Å²) in [5, 5.41) is 0. The summed E-state index contributed by atoms with van der Waals surface area (Å²) in [7, 11) is 0. The van der Waals surface area contributed by atoms with E-state index >= 15 is 0 Å². The minimum Gasteiger partial charge on any atom is -0.338 e. The van der Waals surface area contributed by atoms with Crippen molar-refractivity contribution in [2.75, 3.05) is 0 Å². The number of aromatic nitrogens is 4. The third-order valence-electron chi connectivity index (χ3n) is 3.66. The van der Waals surface area contributed by atoms with Crippen LogP contribution < -0.4 is 0 Å². The molecule has 2 heterocycles. The van der Waals surface area contributed by atoms with E-state index in [0.717, 1.165) is 33.5 Å². The summed E-state index contributed by atoms with van der Waals surface area (Å²) in [4.78, 5) is 16.8. The van der Waals surface area contributed by atoms with Crippen molar-refractivity contribution in [2.45, 2.75) is 13.8 Å². The average Bonchev–Trinajstić information content (AvgIpc) is 2.91. The van der Waals surface area contributed by atoms with Crippen molar-refractivity contribution in [3.05, 3.63) is 53.9 Å². The van der Waals surface area contributed by atoms with Gasteiger partial charge < -0.3 is 4.98 Å². The number of benzene rings is 2. The number of rotatable bonds is 1. The van der Waals surface area contributed by atoms with Gasteiger partial charge in [-0.15, -0.1) is 0 Å². The van der Waals surface area contributed by atoms with Gasteiger partial charge in [-0.1, -0.05) is 6.07 Å². The maximum Gasteiger partial charge on any atom is 0.138 e. The highest BCUT2D eigenvalue weighted by Gasteiger charge is 2.09. The Bertz CT molecular complexity index is 969. The fourth-order valence-corrected chi connectivity index (χ4v) is 2.72. The molecule has 0 aliphatic heterocycles. The van der Waals surface area contributed by atoms with Gasteiger partial charge in [-0.05, 0) is 49.2 Å². The second-order valence-corrected chi connectivity index (χ2v) is 5.32. The molecule has 2 aromatic carbocycles. The van der Waals surface area contributed by atoms with Gasteiger partial charge in [-0.2, -0.15) is 0 Å². The quantitative estimate of drug-likeness (QED) is 0.574. The lowest BCUT2D eigenvalue weighted by Gasteiger charge is -1.99. The van der Waals surface area contributed by atoms with Crippen LogP contribution in [0.4, 0.5) is 0 Å². The predicted molar refractivity (Wildman–Crippen MR) is 84.1 cm³/mol. The maximum atomic E-state index is 4.73. The van der Waals surface area contributed by atoms with Crippen LogP contribution in [0.15, 0.2) is 42.7 Å². The van der Waals surface area contributed by atoms with Crippen molar-refractivity contribution >= 4 is 22.1 Å². The molecule has 4 aromatic rings. The third kappa shape index (κ3) is 1.96. The molecular weight excluding hydrogens is 260 g/mol. The van der Waals surface area contributed by atoms with Crippen LogP contribution in [-0.2, 0) is 0 Å². The molecule has 0 saturated carbocycles. The lowest BCUT2D eigenvalue weighted by molar-refractivity contribution is 1.28. The second-order valence-electron chi connectivity index (χ2n) is 5.32. The van der Waals surface area contributed by atoms with Crippen molar-refractivity contribution in [3.8, 4) is 11.4 Å². The van der Waals surface area contributed by atoms with E-state index in [1.165, 1.54) is 11.1 Å². The van der Waals surface area contributed by atoms with Crippen molar-refractivity contribution < 1.29 is 0 Å². The van der Waals surface area contributed by atoms with Gasteiger partial charge in [-0.3, -0.25) is 9.97 Å². The van der Waals surface area contributed by atoms with Gasteiger partial charge in [0, 0.05) is 18.0 Å². The van der Waals surface area contributed by atoms with Crippen LogP contribution in [0.5, 0.6) is 0 Å². The van der Waals surface area contributed by atoms with Crippen LogP contribution in [-0.4, -0.2) is 19.9 Å². The van der Waals surface area contributed by atoms with Crippen LogP contribution in [0.2, 0.25) is 0 Å². The molecule has 0 radical (unpaired) electrons. The summed E-state index contributed by atoms with van der Waals surface area (Å²) < 4.78 is 0. The van der Waals surface area contributed by atoms with E-state index < -0.39 is 0 Å². The Balaban J connectivity index is 1.93. The smallest absolute Gasteiger partial charge is 0.138 e. The molecule has 21 heavy (non-hydrogen) atoms. The zero-order valence-corrected chi connectivity index (χ0v) is 11.9. The summed E-state index contributed by atoms with van der Waals surface area (Å²) in [5.41, 5.74) is 7.31. The molecule has 4 rings (SSSR count). The molecule has 4 heteroatoms. The van der Waals surface area contributed by atoms with Gasteiger partial charge in [0.15, 0.2) is 0 Å². The van der Waals surface area contributed by atoms with Crippen LogP contribution in [0.1, 0.15) is 11.1 Å². The number of hydrogen-bond donors (Lipinski definition) is 1. The molecule has 4 nitrogen and oxygen atoms in total. The van der Waals surface area contributed by atoms with E-state index in [0.29, 0.717) is 0 Å². The van der Waals surface area contributed by atoms with Crippen molar-refractivity contribution in [1.82, 2.24) is 19.9 Å². The summed E-state index contributed by atoms with van der Waals surface area (Å²) in [6.07, 6.45) is 3.41. The highest BCUT2D eigenvalue weighted by Crippen LogP contribution is 2.25. The lowest BCUT2D eigenvalue weighted by Crippen LogP contribution is -1.85. The fourth-order valence-electron chi connectivity index (χ4n) is 2.72. The average molecular weight is 274 g/mol. The molecule has 0 unspecified atom stereocenters. The Morgan fingerprint density at radius 1 is 0.905 bits per heavy atom. The van der Waals surface area contributed by atoms with E-state index in [1.54, 1.807) is 12.4 Å². The van der Waals surface area contributed by atoms with Gasteiger partial charge in [0.05, 0.1) is 22.1 Å². The molecule has 0 atom stereocenters. The first-order chi connectivity index (χ1) is 10.2. The topological polar surface area (TPSA) is 54.5 Å².